The Bertz CT molecular complexity index is 741. The fourth-order valence-corrected chi connectivity index (χ4v) is 2.39. The van der Waals surface area contributed by atoms with E-state index in [1.54, 1.807) is 0 Å². The van der Waals surface area contributed by atoms with Gasteiger partial charge in [-0.3, -0.25) is 0 Å². The predicted octanol–water partition coefficient (Wildman–Crippen LogP) is 3.31. The van der Waals surface area contributed by atoms with Crippen molar-refractivity contribution < 1.29 is 0 Å². The Morgan fingerprint density at radius 2 is 1.89 bits per heavy atom. The highest BCUT2D eigenvalue weighted by Gasteiger charge is 2.10. The Hall–Kier alpha value is -2.13. The van der Waals surface area contributed by atoms with Crippen LogP contribution in [0.1, 0.15) is 16.7 Å². The summed E-state index contributed by atoms with van der Waals surface area (Å²) in [5, 5.41) is 0. The summed E-state index contributed by atoms with van der Waals surface area (Å²) >= 11 is 0. The number of aromatic amines is 1. The largest absolute Gasteiger partial charge is 0.338 e. The van der Waals surface area contributed by atoms with Crippen molar-refractivity contribution in [2.45, 2.75) is 20.4 Å². The zero-order valence-corrected chi connectivity index (χ0v) is 11.2. The molecule has 0 saturated carbocycles. The number of para-hydroxylation sites is 1. The van der Waals surface area contributed by atoms with Crippen molar-refractivity contribution in [1.29, 1.82) is 0 Å². The Kier molecular flexibility index (Phi) is 2.84. The molecule has 3 rings (SSSR count). The van der Waals surface area contributed by atoms with Gasteiger partial charge in [-0.1, -0.05) is 30.3 Å². The molecule has 1 heterocycles. The Balaban J connectivity index is 2.24. The lowest BCUT2D eigenvalue weighted by molar-refractivity contribution is 1.08. The summed E-state index contributed by atoms with van der Waals surface area (Å²) in [7, 11) is 0. The lowest BCUT2D eigenvalue weighted by Crippen LogP contribution is -1.96. The average molecular weight is 251 g/mol. The Morgan fingerprint density at radius 3 is 2.68 bits per heavy atom. The molecule has 2 aromatic carbocycles. The van der Waals surface area contributed by atoms with Crippen molar-refractivity contribution in [3.05, 3.63) is 53.1 Å². The molecule has 0 bridgehead atoms. The van der Waals surface area contributed by atoms with Gasteiger partial charge in [-0.25, -0.2) is 4.98 Å². The second kappa shape index (κ2) is 4.52. The Morgan fingerprint density at radius 1 is 1.11 bits per heavy atom. The van der Waals surface area contributed by atoms with Gasteiger partial charge in [-0.05, 0) is 36.6 Å². The molecule has 1 aromatic heterocycles. The molecule has 0 radical (unpaired) electrons. The van der Waals surface area contributed by atoms with Gasteiger partial charge in [0.15, 0.2) is 0 Å². The number of H-pyrrole nitrogens is 1. The summed E-state index contributed by atoms with van der Waals surface area (Å²) in [5.74, 6) is 0.914. The third kappa shape index (κ3) is 1.92. The molecule has 0 aliphatic rings. The number of nitrogens with two attached hydrogens (primary N) is 1. The maximum absolute atomic E-state index is 5.76. The standard InChI is InChI=1S/C16H17N3/c1-10-5-3-7-13(11(10)2)16-18-14-8-4-6-12(9-17)15(14)19-16/h3-8H,9,17H2,1-2H3,(H,18,19). The minimum atomic E-state index is 0.508. The van der Waals surface area contributed by atoms with Crippen molar-refractivity contribution in [2.24, 2.45) is 5.73 Å². The maximum Gasteiger partial charge on any atom is 0.138 e. The van der Waals surface area contributed by atoms with E-state index in [4.69, 9.17) is 10.7 Å². The van der Waals surface area contributed by atoms with Gasteiger partial charge in [0.05, 0.1) is 11.0 Å². The summed E-state index contributed by atoms with van der Waals surface area (Å²) in [6, 6.07) is 12.4. The van der Waals surface area contributed by atoms with Gasteiger partial charge in [0.25, 0.3) is 0 Å². The highest BCUT2D eigenvalue weighted by molar-refractivity contribution is 5.83. The summed E-state index contributed by atoms with van der Waals surface area (Å²) in [6.45, 7) is 4.75. The van der Waals surface area contributed by atoms with Crippen LogP contribution in [0.2, 0.25) is 0 Å². The van der Waals surface area contributed by atoms with Gasteiger partial charge in [-0.2, -0.15) is 0 Å². The van der Waals surface area contributed by atoms with Crippen molar-refractivity contribution in [1.82, 2.24) is 9.97 Å². The van der Waals surface area contributed by atoms with Crippen LogP contribution in [0.25, 0.3) is 22.4 Å². The van der Waals surface area contributed by atoms with Crippen LogP contribution < -0.4 is 5.73 Å². The quantitative estimate of drug-likeness (QED) is 0.734. The van der Waals surface area contributed by atoms with Crippen LogP contribution in [0, 0.1) is 13.8 Å². The second-order valence-corrected chi connectivity index (χ2v) is 4.85. The van der Waals surface area contributed by atoms with E-state index in [2.05, 4.69) is 37.0 Å². The number of aryl methyl sites for hydroxylation is 1. The van der Waals surface area contributed by atoms with Crippen molar-refractivity contribution in [2.75, 3.05) is 0 Å². The van der Waals surface area contributed by atoms with E-state index in [-0.39, 0.29) is 0 Å². The normalized spacial score (nSPS) is 11.1. The van der Waals surface area contributed by atoms with Crippen LogP contribution in [0.5, 0.6) is 0 Å². The molecule has 0 aliphatic heterocycles. The lowest BCUT2D eigenvalue weighted by Gasteiger charge is -2.05. The molecule has 0 fully saturated rings. The Labute approximate surface area is 112 Å². The fraction of sp³-hybridized carbons (Fsp3) is 0.188. The molecule has 0 spiro atoms. The molecule has 3 aromatic rings. The third-order valence-corrected chi connectivity index (χ3v) is 3.68. The van der Waals surface area contributed by atoms with Crippen LogP contribution in [-0.4, -0.2) is 9.97 Å². The zero-order valence-electron chi connectivity index (χ0n) is 11.2. The fourth-order valence-electron chi connectivity index (χ4n) is 2.39. The van der Waals surface area contributed by atoms with Crippen molar-refractivity contribution in [3.8, 4) is 11.4 Å². The van der Waals surface area contributed by atoms with Crippen LogP contribution >= 0.6 is 0 Å². The van der Waals surface area contributed by atoms with Crippen LogP contribution in [0.3, 0.4) is 0 Å². The van der Waals surface area contributed by atoms with E-state index < -0.39 is 0 Å². The van der Waals surface area contributed by atoms with Gasteiger partial charge in [0, 0.05) is 12.1 Å². The number of rotatable bonds is 2. The number of hydrogen-bond donors (Lipinski definition) is 2. The molecular weight excluding hydrogens is 234 g/mol. The first kappa shape index (κ1) is 11.9. The van der Waals surface area contributed by atoms with Gasteiger partial charge in [0.1, 0.15) is 5.82 Å². The molecule has 3 heteroatoms. The minimum absolute atomic E-state index is 0.508. The highest BCUT2D eigenvalue weighted by atomic mass is 14.9. The predicted molar refractivity (Wildman–Crippen MR) is 78.9 cm³/mol. The van der Waals surface area contributed by atoms with E-state index in [1.165, 1.54) is 11.1 Å². The van der Waals surface area contributed by atoms with E-state index >= 15 is 0 Å². The molecule has 0 amide bonds. The van der Waals surface area contributed by atoms with E-state index in [1.807, 2.05) is 18.2 Å². The first-order valence-corrected chi connectivity index (χ1v) is 6.45. The topological polar surface area (TPSA) is 54.7 Å². The first-order valence-electron chi connectivity index (χ1n) is 6.45. The SMILES string of the molecule is Cc1cccc(-c2nc3c(CN)cccc3[nH]2)c1C. The number of aromatic nitrogens is 2. The summed E-state index contributed by atoms with van der Waals surface area (Å²) in [5.41, 5.74) is 12.5. The number of imidazole rings is 1. The zero-order chi connectivity index (χ0) is 13.4. The van der Waals surface area contributed by atoms with Gasteiger partial charge in [0.2, 0.25) is 0 Å². The van der Waals surface area contributed by atoms with Gasteiger partial charge >= 0.3 is 0 Å². The number of hydrogen-bond acceptors (Lipinski definition) is 2. The molecule has 19 heavy (non-hydrogen) atoms. The van der Waals surface area contributed by atoms with E-state index in [9.17, 15) is 0 Å². The minimum Gasteiger partial charge on any atom is -0.338 e. The molecule has 0 aliphatic carbocycles. The lowest BCUT2D eigenvalue weighted by atomic mass is 10.0. The first-order chi connectivity index (χ1) is 9.20. The smallest absolute Gasteiger partial charge is 0.138 e. The summed E-state index contributed by atoms with van der Waals surface area (Å²) < 4.78 is 0. The number of benzene rings is 2. The average Bonchev–Trinajstić information content (AvgIpc) is 2.85. The highest BCUT2D eigenvalue weighted by Crippen LogP contribution is 2.26. The molecule has 0 saturated heterocycles. The van der Waals surface area contributed by atoms with E-state index in [0.717, 1.165) is 28.0 Å². The van der Waals surface area contributed by atoms with Crippen LogP contribution in [0.4, 0.5) is 0 Å². The number of fused-ring (bicyclic) bond motifs is 1. The van der Waals surface area contributed by atoms with Crippen LogP contribution in [-0.2, 0) is 6.54 Å². The summed E-state index contributed by atoms with van der Waals surface area (Å²) in [6.07, 6.45) is 0. The van der Waals surface area contributed by atoms with Crippen molar-refractivity contribution in [3.63, 3.8) is 0 Å². The number of nitrogens with one attached hydrogen (secondary N) is 1. The van der Waals surface area contributed by atoms with E-state index in [0.29, 0.717) is 6.54 Å². The molecule has 3 nitrogen and oxygen atoms in total. The number of nitrogens with zero attached hydrogens (tertiary/aromatic N) is 1. The molecule has 0 atom stereocenters. The third-order valence-electron chi connectivity index (χ3n) is 3.68. The molecule has 0 unspecified atom stereocenters. The monoisotopic (exact) mass is 251 g/mol. The van der Waals surface area contributed by atoms with Crippen LogP contribution in [0.15, 0.2) is 36.4 Å². The molecule has 96 valence electrons. The van der Waals surface area contributed by atoms with Gasteiger partial charge in [-0.15, -0.1) is 0 Å². The van der Waals surface area contributed by atoms with Gasteiger partial charge < -0.3 is 10.7 Å². The maximum atomic E-state index is 5.76. The second-order valence-electron chi connectivity index (χ2n) is 4.85. The molecule has 3 N–H and O–H groups in total. The summed E-state index contributed by atoms with van der Waals surface area (Å²) in [4.78, 5) is 8.11. The molecular formula is C16H17N3. The van der Waals surface area contributed by atoms with Crippen molar-refractivity contribution >= 4 is 11.0 Å².